The molecule has 0 rings (SSSR count). The number of hydrogen-bond donors (Lipinski definition) is 2. The third-order valence-electron chi connectivity index (χ3n) is 1.51. The molecule has 0 spiro atoms. The van der Waals surface area contributed by atoms with E-state index in [2.05, 4.69) is 16.0 Å². The van der Waals surface area contributed by atoms with Crippen molar-refractivity contribution < 1.29 is 8.42 Å². The van der Waals surface area contributed by atoms with Gasteiger partial charge >= 0.3 is 0 Å². The fraction of sp³-hybridized carbons (Fsp3) is 0.778. The standard InChI is InChI=1S/C9H18N2O2S/c1-4-5-6-11-14(12,13)8-7-10-9(2)3/h1,9-11H,5-8H2,2-3H3. The summed E-state index contributed by atoms with van der Waals surface area (Å²) in [6.45, 7) is 4.72. The van der Waals surface area contributed by atoms with Crippen LogP contribution in [-0.2, 0) is 10.0 Å². The minimum Gasteiger partial charge on any atom is -0.313 e. The van der Waals surface area contributed by atoms with Gasteiger partial charge in [0.05, 0.1) is 5.75 Å². The minimum absolute atomic E-state index is 0.0930. The molecule has 0 amide bonds. The van der Waals surface area contributed by atoms with Gasteiger partial charge in [-0.2, -0.15) is 0 Å². The Labute approximate surface area is 86.5 Å². The minimum atomic E-state index is -3.16. The molecule has 0 aliphatic carbocycles. The zero-order valence-electron chi connectivity index (χ0n) is 8.71. The van der Waals surface area contributed by atoms with Gasteiger partial charge in [0.25, 0.3) is 0 Å². The summed E-state index contributed by atoms with van der Waals surface area (Å²) < 4.78 is 25.0. The smallest absolute Gasteiger partial charge is 0.212 e. The van der Waals surface area contributed by atoms with E-state index in [1.165, 1.54) is 0 Å². The maximum absolute atomic E-state index is 11.3. The summed E-state index contributed by atoms with van der Waals surface area (Å²) in [5, 5.41) is 3.03. The van der Waals surface area contributed by atoms with Gasteiger partial charge in [0, 0.05) is 25.6 Å². The van der Waals surface area contributed by atoms with Gasteiger partial charge in [0.1, 0.15) is 0 Å². The lowest BCUT2D eigenvalue weighted by Crippen LogP contribution is -2.34. The third kappa shape index (κ3) is 8.05. The van der Waals surface area contributed by atoms with E-state index in [9.17, 15) is 8.42 Å². The molecule has 0 saturated carbocycles. The number of nitrogens with one attached hydrogen (secondary N) is 2. The molecule has 0 heterocycles. The van der Waals surface area contributed by atoms with Gasteiger partial charge in [-0.05, 0) is 0 Å². The monoisotopic (exact) mass is 218 g/mol. The summed E-state index contributed by atoms with van der Waals surface area (Å²) in [5.41, 5.74) is 0. The highest BCUT2D eigenvalue weighted by Crippen LogP contribution is 1.85. The molecule has 0 radical (unpaired) electrons. The Kier molecular flexibility index (Phi) is 6.54. The molecule has 0 fully saturated rings. The predicted molar refractivity (Wildman–Crippen MR) is 58.4 cm³/mol. The molecule has 14 heavy (non-hydrogen) atoms. The van der Waals surface area contributed by atoms with Crippen molar-refractivity contribution in [3.63, 3.8) is 0 Å². The van der Waals surface area contributed by atoms with Crippen LogP contribution in [0.1, 0.15) is 20.3 Å². The lowest BCUT2D eigenvalue weighted by molar-refractivity contribution is 0.567. The summed E-state index contributed by atoms with van der Waals surface area (Å²) in [6, 6.07) is 0.302. The highest BCUT2D eigenvalue weighted by atomic mass is 32.2. The molecule has 0 saturated heterocycles. The van der Waals surface area contributed by atoms with Crippen LogP contribution in [0.3, 0.4) is 0 Å². The van der Waals surface area contributed by atoms with Crippen molar-refractivity contribution in [2.24, 2.45) is 0 Å². The van der Waals surface area contributed by atoms with Gasteiger partial charge in [-0.1, -0.05) is 13.8 Å². The maximum atomic E-state index is 11.3. The topological polar surface area (TPSA) is 58.2 Å². The van der Waals surface area contributed by atoms with E-state index >= 15 is 0 Å². The maximum Gasteiger partial charge on any atom is 0.212 e. The number of hydrogen-bond acceptors (Lipinski definition) is 3. The van der Waals surface area contributed by atoms with Crippen LogP contribution in [0.25, 0.3) is 0 Å². The SMILES string of the molecule is C#CCCNS(=O)(=O)CCNC(C)C. The Morgan fingerprint density at radius 2 is 2.00 bits per heavy atom. The second-order valence-electron chi connectivity index (χ2n) is 3.28. The molecule has 82 valence electrons. The average molecular weight is 218 g/mol. The van der Waals surface area contributed by atoms with E-state index in [4.69, 9.17) is 6.42 Å². The third-order valence-corrected chi connectivity index (χ3v) is 2.90. The normalized spacial score (nSPS) is 11.6. The second kappa shape index (κ2) is 6.82. The Morgan fingerprint density at radius 3 is 2.50 bits per heavy atom. The van der Waals surface area contributed by atoms with Gasteiger partial charge in [0.15, 0.2) is 0 Å². The van der Waals surface area contributed by atoms with Crippen LogP contribution in [0.15, 0.2) is 0 Å². The van der Waals surface area contributed by atoms with Gasteiger partial charge in [-0.25, -0.2) is 13.1 Å². The lowest BCUT2D eigenvalue weighted by atomic mass is 10.4. The van der Waals surface area contributed by atoms with Gasteiger partial charge in [-0.3, -0.25) is 0 Å². The molecule has 0 aromatic heterocycles. The zero-order valence-corrected chi connectivity index (χ0v) is 9.52. The molecule has 2 N–H and O–H groups in total. The molecule has 0 unspecified atom stereocenters. The largest absolute Gasteiger partial charge is 0.313 e. The van der Waals surface area contributed by atoms with E-state index in [1.807, 2.05) is 13.8 Å². The Balaban J connectivity index is 3.69. The van der Waals surface area contributed by atoms with Crippen LogP contribution in [-0.4, -0.2) is 33.3 Å². The van der Waals surface area contributed by atoms with Crippen molar-refractivity contribution in [1.82, 2.24) is 10.0 Å². The van der Waals surface area contributed by atoms with Crippen LogP contribution >= 0.6 is 0 Å². The van der Waals surface area contributed by atoms with Gasteiger partial charge in [-0.15, -0.1) is 12.3 Å². The molecule has 0 aliphatic rings. The number of rotatable bonds is 7. The molecule has 0 bridgehead atoms. The first-order chi connectivity index (χ1) is 6.48. The molecule has 0 aromatic carbocycles. The Bertz CT molecular complexity index is 278. The van der Waals surface area contributed by atoms with Gasteiger partial charge < -0.3 is 5.32 Å². The first-order valence-corrected chi connectivity index (χ1v) is 6.27. The van der Waals surface area contributed by atoms with Crippen molar-refractivity contribution in [2.75, 3.05) is 18.8 Å². The van der Waals surface area contributed by atoms with Crippen LogP contribution < -0.4 is 10.0 Å². The molecular weight excluding hydrogens is 200 g/mol. The molecule has 0 aliphatic heterocycles. The zero-order chi connectivity index (χ0) is 11.0. The van der Waals surface area contributed by atoms with E-state index in [1.54, 1.807) is 0 Å². The van der Waals surface area contributed by atoms with Crippen LogP contribution in [0.2, 0.25) is 0 Å². The van der Waals surface area contributed by atoms with Crippen LogP contribution in [0.5, 0.6) is 0 Å². The Morgan fingerprint density at radius 1 is 1.36 bits per heavy atom. The molecule has 0 aromatic rings. The van der Waals surface area contributed by atoms with E-state index < -0.39 is 10.0 Å². The molecule has 0 atom stereocenters. The van der Waals surface area contributed by atoms with Crippen molar-refractivity contribution in [3.8, 4) is 12.3 Å². The highest BCUT2D eigenvalue weighted by Gasteiger charge is 2.08. The summed E-state index contributed by atoms with van der Waals surface area (Å²) >= 11 is 0. The summed E-state index contributed by atoms with van der Waals surface area (Å²) in [4.78, 5) is 0. The first kappa shape index (κ1) is 13.4. The van der Waals surface area contributed by atoms with Crippen molar-refractivity contribution >= 4 is 10.0 Å². The average Bonchev–Trinajstić information content (AvgIpc) is 2.03. The van der Waals surface area contributed by atoms with Crippen LogP contribution in [0.4, 0.5) is 0 Å². The van der Waals surface area contributed by atoms with E-state index in [0.717, 1.165) is 0 Å². The quantitative estimate of drug-likeness (QED) is 0.464. The Hall–Kier alpha value is -0.570. The predicted octanol–water partition coefficient (Wildman–Crippen LogP) is -0.0729. The lowest BCUT2D eigenvalue weighted by Gasteiger charge is -2.08. The number of sulfonamides is 1. The highest BCUT2D eigenvalue weighted by molar-refractivity contribution is 7.89. The fourth-order valence-electron chi connectivity index (χ4n) is 0.833. The van der Waals surface area contributed by atoms with Crippen molar-refractivity contribution in [3.05, 3.63) is 0 Å². The molecular formula is C9H18N2O2S. The summed E-state index contributed by atoms with van der Waals surface area (Å²) in [7, 11) is -3.16. The molecule has 5 heteroatoms. The molecule has 4 nitrogen and oxygen atoms in total. The van der Waals surface area contributed by atoms with E-state index in [0.29, 0.717) is 25.6 Å². The summed E-state index contributed by atoms with van der Waals surface area (Å²) in [6.07, 6.45) is 5.43. The van der Waals surface area contributed by atoms with E-state index in [-0.39, 0.29) is 5.75 Å². The number of terminal acetylenes is 1. The summed E-state index contributed by atoms with van der Waals surface area (Å²) in [5.74, 6) is 2.47. The second-order valence-corrected chi connectivity index (χ2v) is 5.20. The first-order valence-electron chi connectivity index (χ1n) is 4.62. The van der Waals surface area contributed by atoms with Gasteiger partial charge in [0.2, 0.25) is 10.0 Å². The van der Waals surface area contributed by atoms with Crippen LogP contribution in [0, 0.1) is 12.3 Å². The fourth-order valence-corrected chi connectivity index (χ4v) is 1.78. The van der Waals surface area contributed by atoms with Crippen molar-refractivity contribution in [2.45, 2.75) is 26.3 Å². The van der Waals surface area contributed by atoms with Crippen molar-refractivity contribution in [1.29, 1.82) is 0 Å².